The number of hydrogen-bond acceptors (Lipinski definition) is 2. The van der Waals surface area contributed by atoms with Crippen LogP contribution in [0.2, 0.25) is 0 Å². The van der Waals surface area contributed by atoms with Crippen molar-refractivity contribution in [3.8, 4) is 6.07 Å². The lowest BCUT2D eigenvalue weighted by Crippen LogP contribution is -2.16. The Bertz CT molecular complexity index is 398. The standard InChI is InChI=1S/C9H10N2O.C5H10.C3H8/c1-6-2-3-7(9(11)12)4-8(6)5-10;1-5-3-2-4-5;1-3-2/h3-4,6H,2H2,1H3,(H2,11,12);5H,2-4H2,1H3;3H2,1-2H3. The number of nitrogens with two attached hydrogens (primary N) is 1. The zero-order chi connectivity index (χ0) is 15.5. The van der Waals surface area contributed by atoms with Crippen LogP contribution in [0.4, 0.5) is 0 Å². The van der Waals surface area contributed by atoms with E-state index >= 15 is 0 Å². The van der Waals surface area contributed by atoms with Crippen molar-refractivity contribution >= 4 is 5.91 Å². The quantitative estimate of drug-likeness (QED) is 0.783. The number of nitriles is 1. The SMILES string of the molecule is CC1CC=C(C(N)=O)C=C1C#N.CC1CCC1.CCC. The molecule has 2 aliphatic carbocycles. The molecule has 1 amide bonds. The Morgan fingerprint density at radius 2 is 1.90 bits per heavy atom. The van der Waals surface area contributed by atoms with Crippen molar-refractivity contribution < 1.29 is 4.79 Å². The maximum absolute atomic E-state index is 10.7. The molecule has 0 aromatic carbocycles. The molecule has 0 saturated heterocycles. The summed E-state index contributed by atoms with van der Waals surface area (Å²) >= 11 is 0. The second-order valence-electron chi connectivity index (χ2n) is 5.62. The molecule has 0 spiro atoms. The van der Waals surface area contributed by atoms with E-state index in [9.17, 15) is 4.79 Å². The van der Waals surface area contributed by atoms with E-state index in [1.54, 1.807) is 12.2 Å². The predicted octanol–water partition coefficient (Wildman–Crippen LogP) is 4.11. The van der Waals surface area contributed by atoms with Crippen molar-refractivity contribution in [3.63, 3.8) is 0 Å². The van der Waals surface area contributed by atoms with Gasteiger partial charge in [0.05, 0.1) is 6.07 Å². The molecule has 2 rings (SSSR count). The normalized spacial score (nSPS) is 20.6. The highest BCUT2D eigenvalue weighted by atomic mass is 16.1. The van der Waals surface area contributed by atoms with E-state index in [0.717, 1.165) is 12.3 Å². The van der Waals surface area contributed by atoms with E-state index in [-0.39, 0.29) is 5.92 Å². The average Bonchev–Trinajstić information content (AvgIpc) is 2.38. The number of allylic oxidation sites excluding steroid dienone is 2. The molecule has 3 heteroatoms. The lowest BCUT2D eigenvalue weighted by Gasteiger charge is -2.18. The molecule has 1 atom stereocenters. The maximum atomic E-state index is 10.7. The van der Waals surface area contributed by atoms with Gasteiger partial charge in [0, 0.05) is 11.1 Å². The van der Waals surface area contributed by atoms with E-state index in [0.29, 0.717) is 11.1 Å². The Balaban J connectivity index is 0.000000371. The first-order valence-electron chi connectivity index (χ1n) is 7.57. The summed E-state index contributed by atoms with van der Waals surface area (Å²) in [5.74, 6) is 0.808. The van der Waals surface area contributed by atoms with Crippen LogP contribution in [0, 0.1) is 23.2 Å². The third kappa shape index (κ3) is 7.13. The van der Waals surface area contributed by atoms with Gasteiger partial charge in [-0.3, -0.25) is 4.79 Å². The van der Waals surface area contributed by atoms with Gasteiger partial charge in [-0.1, -0.05) is 59.5 Å². The molecule has 0 bridgehead atoms. The summed E-state index contributed by atoms with van der Waals surface area (Å²) in [4.78, 5) is 10.7. The number of carbonyl (C=O) groups excluding carboxylic acids is 1. The summed E-state index contributed by atoms with van der Waals surface area (Å²) in [5.41, 5.74) is 6.15. The lowest BCUT2D eigenvalue weighted by atomic mass is 9.88. The summed E-state index contributed by atoms with van der Waals surface area (Å²) in [7, 11) is 0. The van der Waals surface area contributed by atoms with Gasteiger partial charge in [-0.2, -0.15) is 5.26 Å². The van der Waals surface area contributed by atoms with Crippen molar-refractivity contribution in [1.82, 2.24) is 0 Å². The third-order valence-corrected chi connectivity index (χ3v) is 3.34. The van der Waals surface area contributed by atoms with E-state index < -0.39 is 5.91 Å². The van der Waals surface area contributed by atoms with Gasteiger partial charge in [0.1, 0.15) is 0 Å². The second kappa shape index (κ2) is 10.3. The highest BCUT2D eigenvalue weighted by Crippen LogP contribution is 2.24. The molecule has 3 nitrogen and oxygen atoms in total. The van der Waals surface area contributed by atoms with Gasteiger partial charge in [0.2, 0.25) is 5.91 Å². The predicted molar refractivity (Wildman–Crippen MR) is 83.7 cm³/mol. The first-order chi connectivity index (χ1) is 9.46. The number of carbonyl (C=O) groups is 1. The Morgan fingerprint density at radius 3 is 2.20 bits per heavy atom. The zero-order valence-electron chi connectivity index (χ0n) is 13.3. The van der Waals surface area contributed by atoms with Crippen LogP contribution in [0.1, 0.15) is 59.8 Å². The fraction of sp³-hybridized carbons (Fsp3) is 0.647. The monoisotopic (exact) mass is 276 g/mol. The number of hydrogen-bond donors (Lipinski definition) is 1. The maximum Gasteiger partial charge on any atom is 0.248 e. The van der Waals surface area contributed by atoms with Gasteiger partial charge in [0.15, 0.2) is 0 Å². The Kier molecular flexibility index (Phi) is 9.45. The summed E-state index contributed by atoms with van der Waals surface area (Å²) < 4.78 is 0. The molecule has 112 valence electrons. The van der Waals surface area contributed by atoms with Crippen molar-refractivity contribution in [2.24, 2.45) is 17.6 Å². The number of amides is 1. The van der Waals surface area contributed by atoms with Crippen LogP contribution >= 0.6 is 0 Å². The van der Waals surface area contributed by atoms with E-state index in [4.69, 9.17) is 11.0 Å². The van der Waals surface area contributed by atoms with Gasteiger partial charge in [-0.15, -0.1) is 0 Å². The molecular formula is C17H28N2O. The number of primary amides is 1. The highest BCUT2D eigenvalue weighted by Gasteiger charge is 2.15. The average molecular weight is 276 g/mol. The molecule has 0 aromatic rings. The largest absolute Gasteiger partial charge is 0.366 e. The molecule has 0 aromatic heterocycles. The van der Waals surface area contributed by atoms with Crippen LogP contribution in [0.15, 0.2) is 23.3 Å². The lowest BCUT2D eigenvalue weighted by molar-refractivity contribution is -0.114. The van der Waals surface area contributed by atoms with Crippen LogP contribution in [0.25, 0.3) is 0 Å². The first-order valence-corrected chi connectivity index (χ1v) is 7.57. The van der Waals surface area contributed by atoms with E-state index in [2.05, 4.69) is 26.8 Å². The Hall–Kier alpha value is -1.56. The molecule has 2 N–H and O–H groups in total. The molecule has 1 saturated carbocycles. The van der Waals surface area contributed by atoms with Crippen molar-refractivity contribution in [2.75, 3.05) is 0 Å². The van der Waals surface area contributed by atoms with E-state index in [1.807, 2.05) is 6.92 Å². The summed E-state index contributed by atoms with van der Waals surface area (Å²) in [6, 6.07) is 2.05. The molecule has 1 fully saturated rings. The van der Waals surface area contributed by atoms with Gasteiger partial charge in [-0.05, 0) is 24.3 Å². The molecule has 0 radical (unpaired) electrons. The van der Waals surface area contributed by atoms with Crippen molar-refractivity contribution in [3.05, 3.63) is 23.3 Å². The molecule has 20 heavy (non-hydrogen) atoms. The zero-order valence-corrected chi connectivity index (χ0v) is 13.3. The third-order valence-electron chi connectivity index (χ3n) is 3.34. The van der Waals surface area contributed by atoms with Crippen molar-refractivity contribution in [2.45, 2.75) is 59.8 Å². The van der Waals surface area contributed by atoms with Gasteiger partial charge in [0.25, 0.3) is 0 Å². The van der Waals surface area contributed by atoms with Crippen molar-refractivity contribution in [1.29, 1.82) is 5.26 Å². The smallest absolute Gasteiger partial charge is 0.248 e. The fourth-order valence-electron chi connectivity index (χ4n) is 1.73. The molecule has 0 aliphatic heterocycles. The number of nitrogens with zero attached hydrogens (tertiary/aromatic N) is 1. The minimum atomic E-state index is -0.463. The van der Waals surface area contributed by atoms with Gasteiger partial charge in [-0.25, -0.2) is 0 Å². The van der Waals surface area contributed by atoms with Crippen LogP contribution < -0.4 is 5.73 Å². The molecule has 1 unspecified atom stereocenters. The van der Waals surface area contributed by atoms with Crippen LogP contribution in [0.5, 0.6) is 0 Å². The Labute approximate surface area is 123 Å². The summed E-state index contributed by atoms with van der Waals surface area (Å²) in [6.45, 7) is 8.51. The van der Waals surface area contributed by atoms with Crippen LogP contribution in [0.3, 0.4) is 0 Å². The highest BCUT2D eigenvalue weighted by molar-refractivity contribution is 5.95. The molecule has 2 aliphatic rings. The minimum Gasteiger partial charge on any atom is -0.366 e. The first kappa shape index (κ1) is 18.4. The fourth-order valence-corrected chi connectivity index (χ4v) is 1.73. The molecule has 0 heterocycles. The minimum absolute atomic E-state index is 0.207. The van der Waals surface area contributed by atoms with Crippen LogP contribution in [-0.4, -0.2) is 5.91 Å². The molecular weight excluding hydrogens is 248 g/mol. The van der Waals surface area contributed by atoms with Crippen LogP contribution in [-0.2, 0) is 4.79 Å². The van der Waals surface area contributed by atoms with Gasteiger partial charge >= 0.3 is 0 Å². The van der Waals surface area contributed by atoms with Gasteiger partial charge < -0.3 is 5.73 Å². The summed E-state index contributed by atoms with van der Waals surface area (Å²) in [5, 5.41) is 8.66. The number of rotatable bonds is 1. The second-order valence-corrected chi connectivity index (χ2v) is 5.62. The summed E-state index contributed by atoms with van der Waals surface area (Å²) in [6.07, 6.45) is 9.77. The Morgan fingerprint density at radius 1 is 1.40 bits per heavy atom. The topological polar surface area (TPSA) is 66.9 Å². The van der Waals surface area contributed by atoms with E-state index in [1.165, 1.54) is 25.7 Å².